The van der Waals surface area contributed by atoms with Gasteiger partial charge < -0.3 is 15.7 Å². The predicted octanol–water partition coefficient (Wildman–Crippen LogP) is 2.86. The summed E-state index contributed by atoms with van der Waals surface area (Å²) in [5.74, 6) is -1.87. The fraction of sp³-hybridized carbons (Fsp3) is 0.385. The lowest BCUT2D eigenvalue weighted by atomic mass is 10.1. The molecule has 0 aliphatic carbocycles. The number of carboxylic acids is 1. The van der Waals surface area contributed by atoms with Crippen LogP contribution in [-0.2, 0) is 11.0 Å². The molecule has 1 atom stereocenters. The van der Waals surface area contributed by atoms with Gasteiger partial charge in [0, 0.05) is 12.2 Å². The molecule has 2 amide bonds. The van der Waals surface area contributed by atoms with Gasteiger partial charge in [0.05, 0.1) is 11.5 Å². The Labute approximate surface area is 119 Å². The van der Waals surface area contributed by atoms with E-state index in [1.165, 1.54) is 13.0 Å². The van der Waals surface area contributed by atoms with Crippen molar-refractivity contribution >= 4 is 17.7 Å². The van der Waals surface area contributed by atoms with E-state index in [1.54, 1.807) is 6.92 Å². The number of anilines is 1. The second kappa shape index (κ2) is 6.47. The Balaban J connectivity index is 2.74. The van der Waals surface area contributed by atoms with Gasteiger partial charge in [-0.2, -0.15) is 13.2 Å². The van der Waals surface area contributed by atoms with Crippen molar-refractivity contribution in [1.82, 2.24) is 5.32 Å². The Bertz CT molecular complexity index is 544. The summed E-state index contributed by atoms with van der Waals surface area (Å²) >= 11 is 0. The molecule has 0 spiro atoms. The molecule has 0 bridgehead atoms. The number of carbonyl (C=O) groups is 2. The summed E-state index contributed by atoms with van der Waals surface area (Å²) in [6, 6.07) is 2.24. The second-order valence-corrected chi connectivity index (χ2v) is 4.60. The highest BCUT2D eigenvalue weighted by molar-refractivity contribution is 5.90. The number of hydrogen-bond donors (Lipinski definition) is 3. The van der Waals surface area contributed by atoms with Crippen molar-refractivity contribution in [3.8, 4) is 0 Å². The predicted molar refractivity (Wildman–Crippen MR) is 70.0 cm³/mol. The number of benzene rings is 1. The van der Waals surface area contributed by atoms with Crippen LogP contribution in [0.2, 0.25) is 0 Å². The molecule has 0 saturated heterocycles. The number of nitrogens with one attached hydrogen (secondary N) is 2. The maximum Gasteiger partial charge on any atom is 0.416 e. The Morgan fingerprint density at radius 2 is 1.95 bits per heavy atom. The molecule has 0 radical (unpaired) electrons. The topological polar surface area (TPSA) is 78.4 Å². The first kappa shape index (κ1) is 16.8. The second-order valence-electron chi connectivity index (χ2n) is 4.60. The molecule has 0 saturated carbocycles. The summed E-state index contributed by atoms with van der Waals surface area (Å²) in [7, 11) is 0. The van der Waals surface area contributed by atoms with Crippen LogP contribution in [0.5, 0.6) is 0 Å². The maximum absolute atomic E-state index is 12.6. The van der Waals surface area contributed by atoms with Crippen molar-refractivity contribution in [2.45, 2.75) is 20.0 Å². The molecule has 0 heterocycles. The van der Waals surface area contributed by atoms with E-state index >= 15 is 0 Å². The normalized spacial score (nSPS) is 12.6. The van der Waals surface area contributed by atoms with E-state index < -0.39 is 29.7 Å². The highest BCUT2D eigenvalue weighted by atomic mass is 19.4. The molecular weight excluding hydrogens is 289 g/mol. The van der Waals surface area contributed by atoms with Gasteiger partial charge >= 0.3 is 18.2 Å². The lowest BCUT2D eigenvalue weighted by Gasteiger charge is -2.14. The van der Waals surface area contributed by atoms with Crippen LogP contribution in [0.25, 0.3) is 0 Å². The van der Waals surface area contributed by atoms with E-state index in [0.717, 1.165) is 12.1 Å². The van der Waals surface area contributed by atoms with E-state index in [2.05, 4.69) is 10.6 Å². The molecule has 1 unspecified atom stereocenters. The van der Waals surface area contributed by atoms with Crippen LogP contribution in [-0.4, -0.2) is 23.7 Å². The highest BCUT2D eigenvalue weighted by Gasteiger charge is 2.30. The van der Waals surface area contributed by atoms with Crippen molar-refractivity contribution in [2.24, 2.45) is 5.92 Å². The molecule has 0 aliphatic heterocycles. The van der Waals surface area contributed by atoms with Crippen molar-refractivity contribution in [3.05, 3.63) is 29.3 Å². The zero-order valence-electron chi connectivity index (χ0n) is 11.4. The third kappa shape index (κ3) is 4.97. The van der Waals surface area contributed by atoms with Gasteiger partial charge in [-0.15, -0.1) is 0 Å². The van der Waals surface area contributed by atoms with E-state index in [1.807, 2.05) is 0 Å². The minimum atomic E-state index is -4.50. The minimum Gasteiger partial charge on any atom is -0.481 e. The average Bonchev–Trinajstić information content (AvgIpc) is 2.37. The largest absolute Gasteiger partial charge is 0.481 e. The number of carboxylic acid groups (broad SMARTS) is 1. The van der Waals surface area contributed by atoms with Gasteiger partial charge in [-0.25, -0.2) is 4.79 Å². The Hall–Kier alpha value is -2.25. The average molecular weight is 304 g/mol. The fourth-order valence-corrected chi connectivity index (χ4v) is 1.43. The minimum absolute atomic E-state index is 0.0188. The lowest BCUT2D eigenvalue weighted by Crippen LogP contribution is -2.34. The number of urea groups is 1. The number of halogens is 3. The molecule has 3 N–H and O–H groups in total. The quantitative estimate of drug-likeness (QED) is 0.800. The maximum atomic E-state index is 12.6. The number of carbonyl (C=O) groups excluding carboxylic acids is 1. The summed E-state index contributed by atoms with van der Waals surface area (Å²) in [4.78, 5) is 22.1. The standard InChI is InChI=1S/C13H15F3N2O3/c1-7-3-4-9(13(14,15)16)5-10(7)18-12(21)17-6-8(2)11(19)20/h3-5,8H,6H2,1-2H3,(H,19,20)(H2,17,18,21). The van der Waals surface area contributed by atoms with Crippen LogP contribution >= 0.6 is 0 Å². The smallest absolute Gasteiger partial charge is 0.416 e. The van der Waals surface area contributed by atoms with Crippen molar-refractivity contribution in [3.63, 3.8) is 0 Å². The van der Waals surface area contributed by atoms with Crippen LogP contribution < -0.4 is 10.6 Å². The molecule has 0 fully saturated rings. The third-order valence-corrected chi connectivity index (χ3v) is 2.80. The van der Waals surface area contributed by atoms with Gasteiger partial charge in [0.25, 0.3) is 0 Å². The van der Waals surface area contributed by atoms with Crippen molar-refractivity contribution < 1.29 is 27.9 Å². The first-order valence-corrected chi connectivity index (χ1v) is 6.06. The molecule has 0 aromatic heterocycles. The van der Waals surface area contributed by atoms with Gasteiger partial charge in [0.15, 0.2) is 0 Å². The molecule has 116 valence electrons. The number of amides is 2. The summed E-state index contributed by atoms with van der Waals surface area (Å²) in [5, 5.41) is 13.2. The molecular formula is C13H15F3N2O3. The van der Waals surface area contributed by atoms with Crippen LogP contribution in [0.3, 0.4) is 0 Å². The zero-order chi connectivity index (χ0) is 16.2. The van der Waals surface area contributed by atoms with Crippen molar-refractivity contribution in [2.75, 3.05) is 11.9 Å². The molecule has 1 rings (SSSR count). The SMILES string of the molecule is Cc1ccc(C(F)(F)F)cc1NC(=O)NCC(C)C(=O)O. The van der Waals surface area contributed by atoms with Gasteiger partial charge in [-0.05, 0) is 24.6 Å². The number of alkyl halides is 3. The summed E-state index contributed by atoms with van der Waals surface area (Å²) in [6.45, 7) is 2.83. The number of hydrogen-bond acceptors (Lipinski definition) is 2. The van der Waals surface area contributed by atoms with E-state index in [9.17, 15) is 22.8 Å². The highest BCUT2D eigenvalue weighted by Crippen LogP contribution is 2.31. The van der Waals surface area contributed by atoms with Crippen LogP contribution in [0, 0.1) is 12.8 Å². The third-order valence-electron chi connectivity index (χ3n) is 2.80. The van der Waals surface area contributed by atoms with Crippen molar-refractivity contribution in [1.29, 1.82) is 0 Å². The summed E-state index contributed by atoms with van der Waals surface area (Å²) in [6.07, 6.45) is -4.50. The molecule has 5 nitrogen and oxygen atoms in total. The van der Waals surface area contributed by atoms with Gasteiger partial charge in [-0.3, -0.25) is 4.79 Å². The molecule has 21 heavy (non-hydrogen) atoms. The van der Waals surface area contributed by atoms with Crippen LogP contribution in [0.15, 0.2) is 18.2 Å². The molecule has 0 aliphatic rings. The monoisotopic (exact) mass is 304 g/mol. The van der Waals surface area contributed by atoms with E-state index in [4.69, 9.17) is 5.11 Å². The number of rotatable bonds is 4. The fourth-order valence-electron chi connectivity index (χ4n) is 1.43. The lowest BCUT2D eigenvalue weighted by molar-refractivity contribution is -0.141. The zero-order valence-corrected chi connectivity index (χ0v) is 11.4. The first-order valence-electron chi connectivity index (χ1n) is 6.06. The molecule has 1 aromatic carbocycles. The summed E-state index contributed by atoms with van der Waals surface area (Å²) in [5.41, 5.74) is -0.392. The summed E-state index contributed by atoms with van der Waals surface area (Å²) < 4.78 is 37.8. The van der Waals surface area contributed by atoms with Crippen LogP contribution in [0.4, 0.5) is 23.7 Å². The van der Waals surface area contributed by atoms with Gasteiger partial charge in [0.2, 0.25) is 0 Å². The van der Waals surface area contributed by atoms with Gasteiger partial charge in [0.1, 0.15) is 0 Å². The van der Waals surface area contributed by atoms with E-state index in [-0.39, 0.29) is 12.2 Å². The number of aliphatic carboxylic acids is 1. The Morgan fingerprint density at radius 3 is 2.48 bits per heavy atom. The van der Waals surface area contributed by atoms with E-state index in [0.29, 0.717) is 5.56 Å². The molecule has 8 heteroatoms. The molecule has 1 aromatic rings. The van der Waals surface area contributed by atoms with Gasteiger partial charge in [-0.1, -0.05) is 13.0 Å². The number of aryl methyl sites for hydroxylation is 1. The Kier molecular flexibility index (Phi) is 5.17. The Morgan fingerprint density at radius 1 is 1.33 bits per heavy atom. The van der Waals surface area contributed by atoms with Crippen LogP contribution in [0.1, 0.15) is 18.1 Å². The first-order chi connectivity index (χ1) is 9.61.